The lowest BCUT2D eigenvalue weighted by Gasteiger charge is -2.25. The van der Waals surface area contributed by atoms with Gasteiger partial charge in [0, 0.05) is 34.2 Å². The van der Waals surface area contributed by atoms with E-state index in [2.05, 4.69) is 48.9 Å². The van der Waals surface area contributed by atoms with Gasteiger partial charge in [-0.3, -0.25) is 9.36 Å². The number of nitrogens with zero attached hydrogens (tertiary/aromatic N) is 3. The molecule has 0 bridgehead atoms. The molecule has 1 atom stereocenters. The van der Waals surface area contributed by atoms with Crippen LogP contribution in [-0.4, -0.2) is 21.7 Å². The molecular formula is C35H32ClN3O3S. The van der Waals surface area contributed by atoms with E-state index in [1.807, 2.05) is 54.6 Å². The van der Waals surface area contributed by atoms with E-state index in [-0.39, 0.29) is 12.2 Å². The molecule has 6 nitrogen and oxygen atoms in total. The number of esters is 1. The first-order chi connectivity index (χ1) is 20.8. The highest BCUT2D eigenvalue weighted by atomic mass is 35.5. The topological polar surface area (TPSA) is 65.6 Å². The molecule has 2 aromatic heterocycles. The number of carbonyl (C=O) groups is 1. The highest BCUT2D eigenvalue weighted by molar-refractivity contribution is 7.07. The van der Waals surface area contributed by atoms with Crippen LogP contribution in [0.2, 0.25) is 5.02 Å². The minimum atomic E-state index is -0.639. The van der Waals surface area contributed by atoms with Gasteiger partial charge in [-0.15, -0.1) is 0 Å². The largest absolute Gasteiger partial charge is 0.463 e. The fourth-order valence-electron chi connectivity index (χ4n) is 5.64. The van der Waals surface area contributed by atoms with Crippen molar-refractivity contribution >= 4 is 45.9 Å². The first-order valence-corrected chi connectivity index (χ1v) is 15.6. The number of allylic oxidation sites excluding steroid dienone is 1. The molecule has 0 unspecified atom stereocenters. The van der Waals surface area contributed by atoms with Crippen LogP contribution in [0, 0.1) is 0 Å². The number of fused-ring (bicyclic) bond motifs is 2. The van der Waals surface area contributed by atoms with Gasteiger partial charge < -0.3 is 9.30 Å². The van der Waals surface area contributed by atoms with E-state index < -0.39 is 12.0 Å². The number of para-hydroxylation sites is 1. The third kappa shape index (κ3) is 5.39. The fraction of sp³-hybridized carbons (Fsp3) is 0.229. The van der Waals surface area contributed by atoms with Crippen LogP contribution < -0.4 is 14.9 Å². The van der Waals surface area contributed by atoms with Crippen molar-refractivity contribution in [3.8, 4) is 0 Å². The Hall–Kier alpha value is -4.20. The maximum absolute atomic E-state index is 14.2. The minimum absolute atomic E-state index is 0.195. The Morgan fingerprint density at radius 3 is 2.51 bits per heavy atom. The summed E-state index contributed by atoms with van der Waals surface area (Å²) < 4.78 is 9.78. The summed E-state index contributed by atoms with van der Waals surface area (Å²) in [5.74, 6) is -0.100. The van der Waals surface area contributed by atoms with Crippen molar-refractivity contribution in [2.24, 2.45) is 4.99 Å². The zero-order valence-electron chi connectivity index (χ0n) is 24.5. The Balaban J connectivity index is 1.51. The molecule has 0 spiro atoms. The number of benzene rings is 3. The van der Waals surface area contributed by atoms with E-state index >= 15 is 0 Å². The summed E-state index contributed by atoms with van der Waals surface area (Å²) in [7, 11) is 0. The second-order valence-corrected chi connectivity index (χ2v) is 12.4. The second-order valence-electron chi connectivity index (χ2n) is 10.9. The van der Waals surface area contributed by atoms with Crippen molar-refractivity contribution in [3.05, 3.63) is 137 Å². The van der Waals surface area contributed by atoms with Gasteiger partial charge in [0.2, 0.25) is 0 Å². The van der Waals surface area contributed by atoms with E-state index in [0.29, 0.717) is 38.1 Å². The molecule has 3 heterocycles. The SMILES string of the molecule is CCOC(=O)C1=C(C)N=c2s/c(=C\c3cn(Cc4ccccc4Cl)c4ccccc34)c(=O)n2[C@@H]1c1ccc(C(C)C)cc1. The van der Waals surface area contributed by atoms with Crippen molar-refractivity contribution in [2.45, 2.75) is 46.2 Å². The molecule has 0 saturated carbocycles. The maximum atomic E-state index is 14.2. The average Bonchev–Trinajstić information content (AvgIpc) is 3.50. The Labute approximate surface area is 258 Å². The molecule has 0 amide bonds. The van der Waals surface area contributed by atoms with Crippen molar-refractivity contribution < 1.29 is 9.53 Å². The van der Waals surface area contributed by atoms with E-state index in [1.54, 1.807) is 18.4 Å². The van der Waals surface area contributed by atoms with Gasteiger partial charge in [-0.2, -0.15) is 0 Å². The molecule has 5 aromatic rings. The van der Waals surface area contributed by atoms with Gasteiger partial charge >= 0.3 is 5.97 Å². The molecule has 0 aliphatic carbocycles. The van der Waals surface area contributed by atoms with Crippen LogP contribution >= 0.6 is 22.9 Å². The highest BCUT2D eigenvalue weighted by Crippen LogP contribution is 2.32. The lowest BCUT2D eigenvalue weighted by atomic mass is 9.93. The number of hydrogen-bond donors (Lipinski definition) is 0. The summed E-state index contributed by atoms with van der Waals surface area (Å²) in [5.41, 5.74) is 5.75. The predicted octanol–water partition coefficient (Wildman–Crippen LogP) is 6.58. The first-order valence-electron chi connectivity index (χ1n) is 14.4. The number of aromatic nitrogens is 2. The summed E-state index contributed by atoms with van der Waals surface area (Å²) in [4.78, 5) is 32.7. The number of ether oxygens (including phenoxy) is 1. The normalized spacial score (nSPS) is 15.2. The van der Waals surface area contributed by atoms with Gasteiger partial charge in [0.15, 0.2) is 4.80 Å². The lowest BCUT2D eigenvalue weighted by molar-refractivity contribution is -0.139. The zero-order chi connectivity index (χ0) is 30.2. The lowest BCUT2D eigenvalue weighted by Crippen LogP contribution is -2.39. The van der Waals surface area contributed by atoms with Gasteiger partial charge in [-0.25, -0.2) is 9.79 Å². The number of rotatable bonds is 7. The molecule has 1 aliphatic rings. The predicted molar refractivity (Wildman–Crippen MR) is 173 cm³/mol. The minimum Gasteiger partial charge on any atom is -0.463 e. The second kappa shape index (κ2) is 11.8. The molecule has 1 aliphatic heterocycles. The van der Waals surface area contributed by atoms with Gasteiger partial charge in [0.1, 0.15) is 0 Å². The summed E-state index contributed by atoms with van der Waals surface area (Å²) in [6.07, 6.45) is 3.99. The Bertz CT molecular complexity index is 2070. The number of halogens is 1. The van der Waals surface area contributed by atoms with Crippen molar-refractivity contribution in [3.63, 3.8) is 0 Å². The Morgan fingerprint density at radius 1 is 1.07 bits per heavy atom. The standard InChI is InChI=1S/C35H32ClN3O3S/c1-5-42-34(41)31-22(4)37-35-39(32(31)24-16-14-23(15-17-24)21(2)3)33(40)30(43-35)18-26-20-38(29-13-9-7-11-27(26)29)19-25-10-6-8-12-28(25)36/h6-18,20-21,32H,5,19H2,1-4H3/b30-18-/t32-/m1/s1. The van der Waals surface area contributed by atoms with Crippen LogP contribution in [0.15, 0.2) is 100 Å². The van der Waals surface area contributed by atoms with Crippen LogP contribution in [0.5, 0.6) is 0 Å². The molecule has 6 rings (SSSR count). The first kappa shape index (κ1) is 28.9. The molecule has 8 heteroatoms. The quantitative estimate of drug-likeness (QED) is 0.196. The molecular weight excluding hydrogens is 578 g/mol. The number of thiazole rings is 1. The maximum Gasteiger partial charge on any atom is 0.338 e. The van der Waals surface area contributed by atoms with Crippen LogP contribution in [0.4, 0.5) is 0 Å². The molecule has 43 heavy (non-hydrogen) atoms. The molecule has 0 fully saturated rings. The number of carbonyl (C=O) groups excluding carboxylic acids is 1. The van der Waals surface area contributed by atoms with Crippen molar-refractivity contribution in [1.29, 1.82) is 0 Å². The molecule has 0 N–H and O–H groups in total. The smallest absolute Gasteiger partial charge is 0.338 e. The van der Waals surface area contributed by atoms with E-state index in [4.69, 9.17) is 21.3 Å². The monoisotopic (exact) mass is 609 g/mol. The van der Waals surface area contributed by atoms with Crippen LogP contribution in [-0.2, 0) is 16.1 Å². The highest BCUT2D eigenvalue weighted by Gasteiger charge is 2.33. The summed E-state index contributed by atoms with van der Waals surface area (Å²) >= 11 is 7.81. The Morgan fingerprint density at radius 2 is 1.79 bits per heavy atom. The summed E-state index contributed by atoms with van der Waals surface area (Å²) in [5, 5.41) is 1.74. The van der Waals surface area contributed by atoms with Gasteiger partial charge in [0.25, 0.3) is 5.56 Å². The van der Waals surface area contributed by atoms with E-state index in [9.17, 15) is 9.59 Å². The summed E-state index contributed by atoms with van der Waals surface area (Å²) in [6.45, 7) is 8.69. The van der Waals surface area contributed by atoms with Gasteiger partial charge in [0.05, 0.1) is 28.5 Å². The van der Waals surface area contributed by atoms with Crippen LogP contribution in [0.25, 0.3) is 17.0 Å². The van der Waals surface area contributed by atoms with E-state index in [1.165, 1.54) is 16.9 Å². The van der Waals surface area contributed by atoms with Crippen molar-refractivity contribution in [1.82, 2.24) is 9.13 Å². The zero-order valence-corrected chi connectivity index (χ0v) is 26.1. The van der Waals surface area contributed by atoms with Crippen LogP contribution in [0.3, 0.4) is 0 Å². The molecule has 0 radical (unpaired) electrons. The van der Waals surface area contributed by atoms with Crippen molar-refractivity contribution in [2.75, 3.05) is 6.61 Å². The third-order valence-electron chi connectivity index (χ3n) is 7.84. The summed E-state index contributed by atoms with van der Waals surface area (Å²) in [6, 6.07) is 23.4. The van der Waals surface area contributed by atoms with Gasteiger partial charge in [-0.05, 0) is 54.7 Å². The average molecular weight is 610 g/mol. The molecule has 218 valence electrons. The number of hydrogen-bond acceptors (Lipinski definition) is 5. The molecule has 0 saturated heterocycles. The van der Waals surface area contributed by atoms with Crippen LogP contribution in [0.1, 0.15) is 61.9 Å². The van der Waals surface area contributed by atoms with E-state index in [0.717, 1.165) is 27.6 Å². The molecule has 3 aromatic carbocycles. The third-order valence-corrected chi connectivity index (χ3v) is 9.19. The van der Waals surface area contributed by atoms with Gasteiger partial charge in [-0.1, -0.05) is 97.4 Å². The Kier molecular flexibility index (Phi) is 7.95. The fourth-order valence-corrected chi connectivity index (χ4v) is 6.88.